The summed E-state index contributed by atoms with van der Waals surface area (Å²) in [4.78, 5) is 59.3. The van der Waals surface area contributed by atoms with Crippen LogP contribution in [0.25, 0.3) is 0 Å². The zero-order valence-corrected chi connectivity index (χ0v) is 14.3. The van der Waals surface area contributed by atoms with Crippen LogP contribution in [0, 0.1) is 0 Å². The normalized spacial score (nSPS) is 9.56. The SMILES string of the molecule is CC(=O)O.O=C(O)CC(O)(CC(=O)O)C(=O)O.O=C(O)CCCCC(=O)O. The third kappa shape index (κ3) is 25.1. The Hall–Kier alpha value is -3.22. The summed E-state index contributed by atoms with van der Waals surface area (Å²) in [6, 6.07) is 0. The van der Waals surface area contributed by atoms with E-state index in [4.69, 9.17) is 40.5 Å². The van der Waals surface area contributed by atoms with Gasteiger partial charge < -0.3 is 35.7 Å². The maximum absolute atomic E-state index is 10.3. The number of hydrogen-bond acceptors (Lipinski definition) is 7. The first-order valence-electron chi connectivity index (χ1n) is 7.16. The minimum atomic E-state index is -2.74. The molecule has 0 heterocycles. The molecule has 0 aromatic heterocycles. The van der Waals surface area contributed by atoms with Gasteiger partial charge in [0.25, 0.3) is 5.97 Å². The Balaban J connectivity index is -0.000000364. The number of aliphatic hydroxyl groups is 1. The first kappa shape index (κ1) is 28.6. The number of rotatable bonds is 10. The molecule has 0 unspecified atom stereocenters. The second-order valence-corrected chi connectivity index (χ2v) is 4.99. The molecule has 0 saturated heterocycles. The maximum Gasteiger partial charge on any atom is 0.336 e. The van der Waals surface area contributed by atoms with Crippen LogP contribution in [-0.2, 0) is 28.8 Å². The van der Waals surface area contributed by atoms with Crippen LogP contribution in [-0.4, -0.2) is 77.2 Å². The van der Waals surface area contributed by atoms with Gasteiger partial charge in [-0.2, -0.15) is 0 Å². The minimum absolute atomic E-state index is 0.0628. The molecule has 0 spiro atoms. The molecule has 27 heavy (non-hydrogen) atoms. The fourth-order valence-electron chi connectivity index (χ4n) is 1.27. The van der Waals surface area contributed by atoms with Gasteiger partial charge in [-0.15, -0.1) is 0 Å². The summed E-state index contributed by atoms with van der Waals surface area (Å²) >= 11 is 0. The molecular weight excluding hydrogens is 376 g/mol. The zero-order valence-electron chi connectivity index (χ0n) is 14.3. The first-order valence-corrected chi connectivity index (χ1v) is 7.16. The molecule has 0 radical (unpaired) electrons. The summed E-state index contributed by atoms with van der Waals surface area (Å²) in [7, 11) is 0. The predicted molar refractivity (Wildman–Crippen MR) is 84.1 cm³/mol. The van der Waals surface area contributed by atoms with Gasteiger partial charge in [0.05, 0.1) is 12.8 Å². The lowest BCUT2D eigenvalue weighted by molar-refractivity contribution is -0.170. The van der Waals surface area contributed by atoms with Crippen LogP contribution in [0.3, 0.4) is 0 Å². The van der Waals surface area contributed by atoms with Crippen LogP contribution in [0.2, 0.25) is 0 Å². The van der Waals surface area contributed by atoms with E-state index in [0.29, 0.717) is 12.8 Å². The number of hydrogen-bond donors (Lipinski definition) is 7. The Morgan fingerprint density at radius 2 is 0.889 bits per heavy atom. The van der Waals surface area contributed by atoms with Crippen LogP contribution >= 0.6 is 0 Å². The molecule has 0 bridgehead atoms. The van der Waals surface area contributed by atoms with E-state index < -0.39 is 54.3 Å². The van der Waals surface area contributed by atoms with Gasteiger partial charge in [0.15, 0.2) is 5.60 Å². The van der Waals surface area contributed by atoms with E-state index in [1.807, 2.05) is 0 Å². The van der Waals surface area contributed by atoms with Crippen molar-refractivity contribution in [2.75, 3.05) is 0 Å². The van der Waals surface area contributed by atoms with E-state index >= 15 is 0 Å². The van der Waals surface area contributed by atoms with Crippen molar-refractivity contribution in [2.45, 2.75) is 51.0 Å². The quantitative estimate of drug-likeness (QED) is 0.231. The highest BCUT2D eigenvalue weighted by Crippen LogP contribution is 2.15. The summed E-state index contributed by atoms with van der Waals surface area (Å²) in [5, 5.41) is 57.5. The largest absolute Gasteiger partial charge is 0.481 e. The van der Waals surface area contributed by atoms with Gasteiger partial charge in [0, 0.05) is 19.8 Å². The van der Waals surface area contributed by atoms with Gasteiger partial charge in [-0.3, -0.25) is 24.0 Å². The number of carboxylic acid groups (broad SMARTS) is 6. The molecular formula is C14H22O13. The van der Waals surface area contributed by atoms with Crippen molar-refractivity contribution in [3.05, 3.63) is 0 Å². The average Bonchev–Trinajstić information content (AvgIpc) is 2.41. The van der Waals surface area contributed by atoms with E-state index in [-0.39, 0.29) is 12.8 Å². The highest BCUT2D eigenvalue weighted by Gasteiger charge is 2.40. The van der Waals surface area contributed by atoms with E-state index in [1.165, 1.54) is 0 Å². The summed E-state index contributed by atoms with van der Waals surface area (Å²) in [5.74, 6) is -7.59. The monoisotopic (exact) mass is 398 g/mol. The second-order valence-electron chi connectivity index (χ2n) is 4.99. The van der Waals surface area contributed by atoms with Gasteiger partial charge in [0.2, 0.25) is 0 Å². The van der Waals surface area contributed by atoms with Gasteiger partial charge in [-0.25, -0.2) is 4.79 Å². The third-order valence-electron chi connectivity index (χ3n) is 2.32. The van der Waals surface area contributed by atoms with Crippen molar-refractivity contribution in [1.82, 2.24) is 0 Å². The summed E-state index contributed by atoms with van der Waals surface area (Å²) < 4.78 is 0. The molecule has 0 rings (SSSR count). The molecule has 0 saturated carbocycles. The predicted octanol–water partition coefficient (Wildman–Crippen LogP) is -0.442. The molecule has 13 heteroatoms. The first-order chi connectivity index (χ1) is 12.1. The third-order valence-corrected chi connectivity index (χ3v) is 2.32. The standard InChI is InChI=1S/C6H8O7.C6H10O4.C2H4O2/c7-3(8)1-6(13,5(11)12)2-4(9)10;7-5(8)3-1-2-4-6(9)10;1-2(3)4/h13H,1-2H2,(H,7,8)(H,9,10)(H,11,12);1-4H2,(H,7,8)(H,9,10);1H3,(H,3,4). The van der Waals surface area contributed by atoms with Crippen molar-refractivity contribution in [2.24, 2.45) is 0 Å². The lowest BCUT2D eigenvalue weighted by Crippen LogP contribution is -2.42. The van der Waals surface area contributed by atoms with Gasteiger partial charge in [-0.05, 0) is 12.8 Å². The lowest BCUT2D eigenvalue weighted by Gasteiger charge is -2.18. The Labute approximate surface area is 152 Å². The molecule has 156 valence electrons. The van der Waals surface area contributed by atoms with E-state index in [0.717, 1.165) is 6.92 Å². The van der Waals surface area contributed by atoms with Crippen molar-refractivity contribution in [1.29, 1.82) is 0 Å². The minimum Gasteiger partial charge on any atom is -0.481 e. The molecule has 13 nitrogen and oxygen atoms in total. The average molecular weight is 398 g/mol. The smallest absolute Gasteiger partial charge is 0.336 e. The fraction of sp³-hybridized carbons (Fsp3) is 0.571. The Morgan fingerprint density at radius 3 is 1.04 bits per heavy atom. The zero-order chi connectivity index (χ0) is 22.2. The van der Waals surface area contributed by atoms with Crippen LogP contribution in [0.15, 0.2) is 0 Å². The van der Waals surface area contributed by atoms with Crippen molar-refractivity contribution < 1.29 is 64.5 Å². The molecule has 0 amide bonds. The lowest BCUT2D eigenvalue weighted by atomic mass is 9.96. The number of aliphatic carboxylic acids is 6. The van der Waals surface area contributed by atoms with Crippen molar-refractivity contribution in [3.63, 3.8) is 0 Å². The van der Waals surface area contributed by atoms with Crippen LogP contribution in [0.5, 0.6) is 0 Å². The second kappa shape index (κ2) is 15.1. The van der Waals surface area contributed by atoms with E-state index in [9.17, 15) is 24.0 Å². The molecule has 0 aromatic carbocycles. The molecule has 0 aliphatic heterocycles. The van der Waals surface area contributed by atoms with Crippen molar-refractivity contribution in [3.8, 4) is 0 Å². The highest BCUT2D eigenvalue weighted by molar-refractivity contribution is 5.88. The Bertz CT molecular complexity index is 501. The van der Waals surface area contributed by atoms with E-state index in [1.54, 1.807) is 0 Å². The molecule has 7 N–H and O–H groups in total. The number of carboxylic acids is 6. The van der Waals surface area contributed by atoms with E-state index in [2.05, 4.69) is 0 Å². The molecule has 0 aliphatic rings. The number of carbonyl (C=O) groups is 6. The maximum atomic E-state index is 10.3. The molecule has 0 aliphatic carbocycles. The van der Waals surface area contributed by atoms with Crippen molar-refractivity contribution >= 4 is 35.8 Å². The summed E-state index contributed by atoms with van der Waals surface area (Å²) in [6.07, 6.45) is -1.27. The fourth-order valence-corrected chi connectivity index (χ4v) is 1.27. The molecule has 0 fully saturated rings. The van der Waals surface area contributed by atoms with Crippen LogP contribution in [0.1, 0.15) is 45.4 Å². The van der Waals surface area contributed by atoms with Crippen LogP contribution in [0.4, 0.5) is 0 Å². The topological polar surface area (TPSA) is 244 Å². The highest BCUT2D eigenvalue weighted by atomic mass is 16.4. The Kier molecular flexibility index (Phi) is 15.9. The van der Waals surface area contributed by atoms with Gasteiger partial charge >= 0.3 is 29.8 Å². The van der Waals surface area contributed by atoms with Crippen LogP contribution < -0.4 is 0 Å². The summed E-state index contributed by atoms with van der Waals surface area (Å²) in [6.45, 7) is 1.08. The Morgan fingerprint density at radius 1 is 0.630 bits per heavy atom. The number of unbranched alkanes of at least 4 members (excludes halogenated alkanes) is 1. The molecule has 0 atom stereocenters. The molecule has 0 aromatic rings. The van der Waals surface area contributed by atoms with Gasteiger partial charge in [-0.1, -0.05) is 0 Å². The summed E-state index contributed by atoms with van der Waals surface area (Å²) in [5.41, 5.74) is -2.74. The van der Waals surface area contributed by atoms with Gasteiger partial charge in [0.1, 0.15) is 0 Å².